The Morgan fingerprint density at radius 2 is 1.59 bits per heavy atom. The number of hydrogen-bond acceptors (Lipinski definition) is 8. The van der Waals surface area contributed by atoms with Crippen LogP contribution in [0.4, 0.5) is 23.3 Å². The van der Waals surface area contributed by atoms with Crippen LogP contribution in [0.3, 0.4) is 0 Å². The standard InChI is InChI=1S/C26H28N8/c1-18-3-2-4-22(30-18)25-28-15-11-23(33-25)32-24-12-16-29-26(34-24)31-21-7-5-19(6-8-21)17-20-9-13-27-14-10-20/h2-8,11-12,15-16,20,27H,9-10,13-14,17H2,1H3,(H2,28,29,31,32,33,34). The minimum Gasteiger partial charge on any atom is -0.325 e. The van der Waals surface area contributed by atoms with Gasteiger partial charge in [-0.2, -0.15) is 4.98 Å². The normalized spacial score (nSPS) is 14.0. The molecule has 3 aromatic heterocycles. The van der Waals surface area contributed by atoms with Gasteiger partial charge in [0.15, 0.2) is 5.82 Å². The predicted octanol–water partition coefficient (Wildman–Crippen LogP) is 4.67. The summed E-state index contributed by atoms with van der Waals surface area (Å²) in [7, 11) is 0. The lowest BCUT2D eigenvalue weighted by atomic mass is 9.91. The summed E-state index contributed by atoms with van der Waals surface area (Å²) < 4.78 is 0. The molecule has 0 amide bonds. The first kappa shape index (κ1) is 21.9. The first-order valence-corrected chi connectivity index (χ1v) is 11.7. The van der Waals surface area contributed by atoms with Gasteiger partial charge in [-0.3, -0.25) is 0 Å². The number of anilines is 4. The monoisotopic (exact) mass is 452 g/mol. The molecule has 1 aromatic carbocycles. The number of piperidine rings is 1. The molecule has 0 saturated carbocycles. The molecule has 0 aliphatic carbocycles. The van der Waals surface area contributed by atoms with Gasteiger partial charge in [0.2, 0.25) is 5.95 Å². The summed E-state index contributed by atoms with van der Waals surface area (Å²) in [5, 5.41) is 9.95. The van der Waals surface area contributed by atoms with Gasteiger partial charge in [0.25, 0.3) is 0 Å². The molecule has 4 aromatic rings. The number of aromatic nitrogens is 5. The molecule has 0 atom stereocenters. The largest absolute Gasteiger partial charge is 0.325 e. The van der Waals surface area contributed by atoms with Gasteiger partial charge in [0.1, 0.15) is 17.3 Å². The highest BCUT2D eigenvalue weighted by atomic mass is 15.2. The molecule has 8 heteroatoms. The fourth-order valence-corrected chi connectivity index (χ4v) is 4.11. The van der Waals surface area contributed by atoms with Crippen molar-refractivity contribution < 1.29 is 0 Å². The number of nitrogens with zero attached hydrogens (tertiary/aromatic N) is 5. The average molecular weight is 453 g/mol. The van der Waals surface area contributed by atoms with E-state index in [4.69, 9.17) is 0 Å². The van der Waals surface area contributed by atoms with Crippen LogP contribution in [0.5, 0.6) is 0 Å². The topological polar surface area (TPSA) is 101 Å². The Morgan fingerprint density at radius 1 is 0.824 bits per heavy atom. The third kappa shape index (κ3) is 5.71. The zero-order valence-electron chi connectivity index (χ0n) is 19.2. The molecule has 1 aliphatic heterocycles. The lowest BCUT2D eigenvalue weighted by molar-refractivity contribution is 0.372. The Morgan fingerprint density at radius 3 is 2.38 bits per heavy atom. The summed E-state index contributed by atoms with van der Waals surface area (Å²) in [6.45, 7) is 4.21. The molecule has 4 heterocycles. The van der Waals surface area contributed by atoms with E-state index in [0.717, 1.165) is 42.5 Å². The Balaban J connectivity index is 1.24. The number of nitrogens with one attached hydrogen (secondary N) is 3. The zero-order valence-corrected chi connectivity index (χ0v) is 19.2. The summed E-state index contributed by atoms with van der Waals surface area (Å²) >= 11 is 0. The van der Waals surface area contributed by atoms with Crippen LogP contribution >= 0.6 is 0 Å². The second kappa shape index (κ2) is 10.4. The molecule has 0 radical (unpaired) electrons. The molecular formula is C26H28N8. The van der Waals surface area contributed by atoms with Gasteiger partial charge in [-0.1, -0.05) is 18.2 Å². The molecule has 3 N–H and O–H groups in total. The van der Waals surface area contributed by atoms with Gasteiger partial charge >= 0.3 is 0 Å². The summed E-state index contributed by atoms with van der Waals surface area (Å²) in [4.78, 5) is 22.4. The molecule has 0 spiro atoms. The van der Waals surface area contributed by atoms with Gasteiger partial charge in [0, 0.05) is 23.8 Å². The van der Waals surface area contributed by atoms with Crippen molar-refractivity contribution in [1.29, 1.82) is 0 Å². The number of pyridine rings is 1. The molecule has 1 aliphatic rings. The third-order valence-electron chi connectivity index (χ3n) is 5.88. The van der Waals surface area contributed by atoms with Gasteiger partial charge < -0.3 is 16.0 Å². The molecule has 1 saturated heterocycles. The molecule has 0 unspecified atom stereocenters. The zero-order chi connectivity index (χ0) is 23.2. The van der Waals surface area contributed by atoms with Crippen molar-refractivity contribution in [2.24, 2.45) is 5.92 Å². The van der Waals surface area contributed by atoms with Crippen LogP contribution in [0.25, 0.3) is 11.5 Å². The van der Waals surface area contributed by atoms with Crippen molar-refractivity contribution in [1.82, 2.24) is 30.2 Å². The highest BCUT2D eigenvalue weighted by Gasteiger charge is 2.13. The smallest absolute Gasteiger partial charge is 0.229 e. The van der Waals surface area contributed by atoms with Crippen LogP contribution in [0.15, 0.2) is 67.0 Å². The van der Waals surface area contributed by atoms with Crippen molar-refractivity contribution in [3.8, 4) is 11.5 Å². The van der Waals surface area contributed by atoms with Crippen LogP contribution in [-0.2, 0) is 6.42 Å². The first-order valence-electron chi connectivity index (χ1n) is 11.7. The quantitative estimate of drug-likeness (QED) is 0.372. The van der Waals surface area contributed by atoms with E-state index < -0.39 is 0 Å². The summed E-state index contributed by atoms with van der Waals surface area (Å²) in [6, 6.07) is 18.0. The van der Waals surface area contributed by atoms with Gasteiger partial charge in [-0.25, -0.2) is 19.9 Å². The summed E-state index contributed by atoms with van der Waals surface area (Å²) in [5.41, 5.74) is 3.99. The van der Waals surface area contributed by atoms with Crippen molar-refractivity contribution in [2.45, 2.75) is 26.2 Å². The lowest BCUT2D eigenvalue weighted by Gasteiger charge is -2.22. The van der Waals surface area contributed by atoms with E-state index >= 15 is 0 Å². The summed E-state index contributed by atoms with van der Waals surface area (Å²) in [5.74, 6) is 3.13. The minimum absolute atomic E-state index is 0.519. The molecular weight excluding hydrogens is 424 g/mol. The maximum atomic E-state index is 4.58. The highest BCUT2D eigenvalue weighted by molar-refractivity contribution is 5.59. The molecule has 172 valence electrons. The Hall–Kier alpha value is -3.91. The molecule has 5 rings (SSSR count). The van der Waals surface area contributed by atoms with E-state index in [-0.39, 0.29) is 0 Å². The van der Waals surface area contributed by atoms with Crippen LogP contribution in [0.1, 0.15) is 24.1 Å². The van der Waals surface area contributed by atoms with E-state index in [1.54, 1.807) is 24.5 Å². The number of benzene rings is 1. The van der Waals surface area contributed by atoms with Crippen LogP contribution in [-0.4, -0.2) is 38.0 Å². The maximum absolute atomic E-state index is 4.58. The second-order valence-electron chi connectivity index (χ2n) is 8.54. The first-order chi connectivity index (χ1) is 16.7. The van der Waals surface area contributed by atoms with Crippen molar-refractivity contribution in [3.05, 3.63) is 78.2 Å². The molecule has 8 nitrogen and oxygen atoms in total. The number of hydrogen-bond donors (Lipinski definition) is 3. The Kier molecular flexibility index (Phi) is 6.67. The maximum Gasteiger partial charge on any atom is 0.229 e. The van der Waals surface area contributed by atoms with Crippen LogP contribution < -0.4 is 16.0 Å². The average Bonchev–Trinajstić information content (AvgIpc) is 2.86. The minimum atomic E-state index is 0.519. The fraction of sp³-hybridized carbons (Fsp3) is 0.269. The van der Waals surface area contributed by atoms with Crippen LogP contribution in [0, 0.1) is 12.8 Å². The van der Waals surface area contributed by atoms with E-state index in [1.807, 2.05) is 25.1 Å². The Bertz CT molecular complexity index is 1240. The van der Waals surface area contributed by atoms with Crippen molar-refractivity contribution in [2.75, 3.05) is 23.7 Å². The molecule has 1 fully saturated rings. The second-order valence-corrected chi connectivity index (χ2v) is 8.54. The lowest BCUT2D eigenvalue weighted by Crippen LogP contribution is -2.28. The number of rotatable bonds is 7. The summed E-state index contributed by atoms with van der Waals surface area (Å²) in [6.07, 6.45) is 7.07. The van der Waals surface area contributed by atoms with Gasteiger partial charge in [-0.15, -0.1) is 0 Å². The number of aryl methyl sites for hydroxylation is 1. The Labute approximate surface area is 199 Å². The molecule has 0 bridgehead atoms. The van der Waals surface area contributed by atoms with Crippen molar-refractivity contribution >= 4 is 23.3 Å². The van der Waals surface area contributed by atoms with E-state index in [0.29, 0.717) is 23.4 Å². The predicted molar refractivity (Wildman–Crippen MR) is 134 cm³/mol. The van der Waals surface area contributed by atoms with Gasteiger partial charge in [-0.05, 0) is 87.2 Å². The van der Waals surface area contributed by atoms with Crippen molar-refractivity contribution in [3.63, 3.8) is 0 Å². The van der Waals surface area contributed by atoms with Crippen LogP contribution in [0.2, 0.25) is 0 Å². The highest BCUT2D eigenvalue weighted by Crippen LogP contribution is 2.22. The van der Waals surface area contributed by atoms with E-state index in [2.05, 4.69) is 65.1 Å². The fourth-order valence-electron chi connectivity index (χ4n) is 4.11. The van der Waals surface area contributed by atoms with Gasteiger partial charge in [0.05, 0.1) is 0 Å². The van der Waals surface area contributed by atoms with E-state index in [1.165, 1.54) is 18.4 Å². The molecule has 34 heavy (non-hydrogen) atoms. The third-order valence-corrected chi connectivity index (χ3v) is 5.88. The SMILES string of the molecule is Cc1cccc(-c2nccc(Nc3ccnc(Nc4ccc(CC5CCNCC5)cc4)n3)n2)n1. The van der Waals surface area contributed by atoms with E-state index in [9.17, 15) is 0 Å².